The van der Waals surface area contributed by atoms with E-state index in [0.717, 1.165) is 11.4 Å². The molecular weight excluding hydrogens is 336 g/mol. The Morgan fingerprint density at radius 1 is 0.778 bits per heavy atom. The first-order valence-corrected chi connectivity index (χ1v) is 8.87. The number of carbonyl (C=O) groups is 1. The molecule has 0 atom stereocenters. The Balaban J connectivity index is 1.58. The van der Waals surface area contributed by atoms with Gasteiger partial charge in [-0.2, -0.15) is 0 Å². The fraction of sp³-hybridized carbons (Fsp3) is 0.182. The van der Waals surface area contributed by atoms with Gasteiger partial charge in [-0.15, -0.1) is 0 Å². The zero-order valence-corrected chi connectivity index (χ0v) is 15.8. The Bertz CT molecular complexity index is 882. The average Bonchev–Trinajstić information content (AvgIpc) is 2.64. The van der Waals surface area contributed by atoms with Gasteiger partial charge in [0, 0.05) is 11.4 Å². The van der Waals surface area contributed by atoms with Gasteiger partial charge in [-0.3, -0.25) is 0 Å². The molecule has 0 spiro atoms. The van der Waals surface area contributed by atoms with Gasteiger partial charge in [0.15, 0.2) is 0 Å². The van der Waals surface area contributed by atoms with E-state index in [1.165, 1.54) is 5.56 Å². The topological polar surface area (TPSA) is 66.0 Å². The fourth-order valence-corrected chi connectivity index (χ4v) is 2.56. The summed E-state index contributed by atoms with van der Waals surface area (Å²) in [5.74, 6) is 0.715. The third-order valence-electron chi connectivity index (χ3n) is 4.08. The predicted molar refractivity (Wildman–Crippen MR) is 112 cm³/mol. The molecule has 0 bridgehead atoms. The molecule has 0 fully saturated rings. The average molecular weight is 360 g/mol. The number of nitrogens with one attached hydrogen (secondary N) is 3. The summed E-state index contributed by atoms with van der Waals surface area (Å²) in [5, 5.41) is 8.80. The van der Waals surface area contributed by atoms with Crippen LogP contribution in [0.3, 0.4) is 0 Å². The Hall–Kier alpha value is -3.34. The number of amides is 2. The monoisotopic (exact) mass is 360 g/mol. The normalized spacial score (nSPS) is 10.9. The number of benzene rings is 2. The third-order valence-corrected chi connectivity index (χ3v) is 4.08. The number of pyridine rings is 1. The minimum atomic E-state index is -0.304. The van der Waals surface area contributed by atoms with Gasteiger partial charge in [0.05, 0.1) is 11.9 Å². The number of aromatic nitrogens is 1. The van der Waals surface area contributed by atoms with E-state index in [2.05, 4.69) is 53.8 Å². The van der Waals surface area contributed by atoms with Gasteiger partial charge in [0.25, 0.3) is 0 Å². The highest BCUT2D eigenvalue weighted by Gasteiger charge is 2.12. The van der Waals surface area contributed by atoms with Crippen molar-refractivity contribution in [3.63, 3.8) is 0 Å². The molecule has 3 aromatic rings. The van der Waals surface area contributed by atoms with Gasteiger partial charge in [-0.1, -0.05) is 51.1 Å². The molecule has 3 N–H and O–H groups in total. The standard InChI is InChI=1S/C22H24N4O/c1-22(2,3)16-9-11-18(12-10-16)24-20-14-13-19(15-23-20)26-21(27)25-17-7-5-4-6-8-17/h4-15H,1-3H3,(H,23,24)(H2,25,26,27). The van der Waals surface area contributed by atoms with Crippen molar-refractivity contribution in [1.29, 1.82) is 0 Å². The molecule has 27 heavy (non-hydrogen) atoms. The lowest BCUT2D eigenvalue weighted by atomic mass is 9.87. The minimum absolute atomic E-state index is 0.129. The molecule has 5 heteroatoms. The number of urea groups is 1. The second kappa shape index (κ2) is 7.91. The van der Waals surface area contributed by atoms with Crippen molar-refractivity contribution in [2.45, 2.75) is 26.2 Å². The Labute approximate surface area is 159 Å². The first-order chi connectivity index (χ1) is 12.9. The first kappa shape index (κ1) is 18.5. The summed E-state index contributed by atoms with van der Waals surface area (Å²) < 4.78 is 0. The molecule has 0 aliphatic heterocycles. The summed E-state index contributed by atoms with van der Waals surface area (Å²) in [7, 11) is 0. The molecule has 0 aliphatic rings. The van der Waals surface area contributed by atoms with Gasteiger partial charge in [0.1, 0.15) is 5.82 Å². The second-order valence-corrected chi connectivity index (χ2v) is 7.33. The van der Waals surface area contributed by atoms with Gasteiger partial charge >= 0.3 is 6.03 Å². The molecule has 138 valence electrons. The Morgan fingerprint density at radius 2 is 1.41 bits per heavy atom. The minimum Gasteiger partial charge on any atom is -0.340 e. The number of rotatable bonds is 4. The van der Waals surface area contributed by atoms with Gasteiger partial charge < -0.3 is 16.0 Å². The molecule has 2 aromatic carbocycles. The molecule has 0 radical (unpaired) electrons. The maximum Gasteiger partial charge on any atom is 0.323 e. The predicted octanol–water partition coefficient (Wildman–Crippen LogP) is 5.77. The van der Waals surface area contributed by atoms with Crippen LogP contribution in [0.25, 0.3) is 0 Å². The van der Waals surface area contributed by atoms with Gasteiger partial charge in [-0.25, -0.2) is 9.78 Å². The van der Waals surface area contributed by atoms with Crippen LogP contribution in [0.5, 0.6) is 0 Å². The van der Waals surface area contributed by atoms with E-state index in [4.69, 9.17) is 0 Å². The maximum absolute atomic E-state index is 12.0. The van der Waals surface area contributed by atoms with Crippen molar-refractivity contribution in [2.75, 3.05) is 16.0 Å². The molecule has 0 aliphatic carbocycles. The highest BCUT2D eigenvalue weighted by atomic mass is 16.2. The molecular formula is C22H24N4O. The van der Waals surface area contributed by atoms with Crippen molar-refractivity contribution < 1.29 is 4.79 Å². The smallest absolute Gasteiger partial charge is 0.323 e. The summed E-state index contributed by atoms with van der Waals surface area (Å²) in [6.45, 7) is 6.57. The van der Waals surface area contributed by atoms with E-state index in [1.807, 2.05) is 54.6 Å². The van der Waals surface area contributed by atoms with Crippen LogP contribution in [-0.2, 0) is 5.41 Å². The van der Waals surface area contributed by atoms with E-state index < -0.39 is 0 Å². The van der Waals surface area contributed by atoms with Gasteiger partial charge in [0.2, 0.25) is 0 Å². The first-order valence-electron chi connectivity index (χ1n) is 8.87. The number of hydrogen-bond donors (Lipinski definition) is 3. The zero-order chi connectivity index (χ0) is 19.3. The molecule has 1 aromatic heterocycles. The van der Waals surface area contributed by atoms with Crippen LogP contribution in [0.15, 0.2) is 72.9 Å². The number of hydrogen-bond acceptors (Lipinski definition) is 3. The lowest BCUT2D eigenvalue weighted by Crippen LogP contribution is -2.19. The Kier molecular flexibility index (Phi) is 5.41. The highest BCUT2D eigenvalue weighted by molar-refractivity contribution is 5.99. The number of para-hydroxylation sites is 1. The van der Waals surface area contributed by atoms with Crippen LogP contribution >= 0.6 is 0 Å². The fourth-order valence-electron chi connectivity index (χ4n) is 2.56. The third kappa shape index (κ3) is 5.31. The SMILES string of the molecule is CC(C)(C)c1ccc(Nc2ccc(NC(=O)Nc3ccccc3)cn2)cc1. The van der Waals surface area contributed by atoms with Crippen molar-refractivity contribution in [3.8, 4) is 0 Å². The lowest BCUT2D eigenvalue weighted by molar-refractivity contribution is 0.262. The molecule has 0 unspecified atom stereocenters. The van der Waals surface area contributed by atoms with Crippen LogP contribution in [0, 0.1) is 0 Å². The Morgan fingerprint density at radius 3 is 2.00 bits per heavy atom. The number of anilines is 4. The van der Waals surface area contributed by atoms with E-state index in [-0.39, 0.29) is 11.4 Å². The van der Waals surface area contributed by atoms with E-state index in [1.54, 1.807) is 6.20 Å². The molecule has 2 amide bonds. The van der Waals surface area contributed by atoms with Gasteiger partial charge in [-0.05, 0) is 47.4 Å². The molecule has 5 nitrogen and oxygen atoms in total. The zero-order valence-electron chi connectivity index (χ0n) is 15.8. The highest BCUT2D eigenvalue weighted by Crippen LogP contribution is 2.24. The number of nitrogens with zero attached hydrogens (tertiary/aromatic N) is 1. The molecule has 1 heterocycles. The second-order valence-electron chi connectivity index (χ2n) is 7.33. The summed E-state index contributed by atoms with van der Waals surface area (Å²) >= 11 is 0. The summed E-state index contributed by atoms with van der Waals surface area (Å²) in [6.07, 6.45) is 1.62. The quantitative estimate of drug-likeness (QED) is 0.553. The largest absolute Gasteiger partial charge is 0.340 e. The summed E-state index contributed by atoms with van der Waals surface area (Å²) in [5.41, 5.74) is 3.74. The van der Waals surface area contributed by atoms with E-state index >= 15 is 0 Å². The van der Waals surface area contributed by atoms with Crippen LogP contribution in [0.1, 0.15) is 26.3 Å². The van der Waals surface area contributed by atoms with Crippen LogP contribution in [-0.4, -0.2) is 11.0 Å². The van der Waals surface area contributed by atoms with Crippen LogP contribution in [0.2, 0.25) is 0 Å². The van der Waals surface area contributed by atoms with E-state index in [9.17, 15) is 4.79 Å². The van der Waals surface area contributed by atoms with Crippen molar-refractivity contribution in [1.82, 2.24) is 4.98 Å². The summed E-state index contributed by atoms with van der Waals surface area (Å²) in [6, 6.07) is 20.9. The van der Waals surface area contributed by atoms with Crippen molar-refractivity contribution in [2.24, 2.45) is 0 Å². The van der Waals surface area contributed by atoms with Crippen LogP contribution < -0.4 is 16.0 Å². The summed E-state index contributed by atoms with van der Waals surface area (Å²) in [4.78, 5) is 16.4. The van der Waals surface area contributed by atoms with Crippen molar-refractivity contribution in [3.05, 3.63) is 78.5 Å². The van der Waals surface area contributed by atoms with Crippen molar-refractivity contribution >= 4 is 28.9 Å². The number of carbonyl (C=O) groups excluding carboxylic acids is 1. The lowest BCUT2D eigenvalue weighted by Gasteiger charge is -2.19. The maximum atomic E-state index is 12.0. The molecule has 3 rings (SSSR count). The van der Waals surface area contributed by atoms with Crippen LogP contribution in [0.4, 0.5) is 27.7 Å². The van der Waals surface area contributed by atoms with E-state index in [0.29, 0.717) is 11.5 Å². The molecule has 0 saturated carbocycles. The molecule has 0 saturated heterocycles.